The molecule has 0 bridgehead atoms. The van der Waals surface area contributed by atoms with E-state index in [1.807, 2.05) is 30.5 Å². The second-order valence-electron chi connectivity index (χ2n) is 6.12. The first-order chi connectivity index (χ1) is 12.3. The fourth-order valence-electron chi connectivity index (χ4n) is 3.09. The van der Waals surface area contributed by atoms with Crippen molar-refractivity contribution in [1.82, 2.24) is 14.6 Å². The van der Waals surface area contributed by atoms with Crippen LogP contribution in [0.25, 0.3) is 16.4 Å². The smallest absolute Gasteiger partial charge is 0.160 e. The number of benzene rings is 2. The van der Waals surface area contributed by atoms with Gasteiger partial charge >= 0.3 is 0 Å². The van der Waals surface area contributed by atoms with E-state index in [9.17, 15) is 0 Å². The summed E-state index contributed by atoms with van der Waals surface area (Å²) in [6.07, 6.45) is 2.91. The lowest BCUT2D eigenvalue weighted by Crippen LogP contribution is -2.83. The maximum atomic E-state index is 5.28. The Morgan fingerprint density at radius 3 is 2.80 bits per heavy atom. The summed E-state index contributed by atoms with van der Waals surface area (Å²) in [5.74, 6) is 1.91. The fourth-order valence-corrected chi connectivity index (χ4v) is 3.09. The zero-order valence-electron chi connectivity index (χ0n) is 14.2. The molecule has 4 rings (SSSR count). The van der Waals surface area contributed by atoms with Gasteiger partial charge in [-0.05, 0) is 41.1 Å². The number of nitrogens with two attached hydrogens (primary N) is 1. The standard InChI is InChI=1S/C20H20N4O/c1-25-18-8-7-16-12-15(5-6-17(16)13-18)14-21-10-9-20-23-22-19-4-2-3-11-24(19)20/h2-8,11-13,21H,9-10,14H2,1H3/p+1. The van der Waals surface area contributed by atoms with Crippen molar-refractivity contribution in [3.05, 3.63) is 72.2 Å². The molecular formula is C20H21N4O+. The third-order valence-corrected chi connectivity index (χ3v) is 4.45. The molecule has 4 aromatic rings. The molecule has 25 heavy (non-hydrogen) atoms. The van der Waals surface area contributed by atoms with Crippen LogP contribution in [0.2, 0.25) is 0 Å². The summed E-state index contributed by atoms with van der Waals surface area (Å²) in [7, 11) is 1.70. The van der Waals surface area contributed by atoms with E-state index in [2.05, 4.69) is 50.2 Å². The Bertz CT molecular complexity index is 1010. The number of hydrogen-bond donors (Lipinski definition) is 1. The molecule has 0 atom stereocenters. The van der Waals surface area contributed by atoms with Crippen LogP contribution in [-0.2, 0) is 13.0 Å². The number of quaternary nitrogens is 1. The highest BCUT2D eigenvalue weighted by atomic mass is 16.5. The van der Waals surface area contributed by atoms with Crippen LogP contribution in [0, 0.1) is 0 Å². The highest BCUT2D eigenvalue weighted by Gasteiger charge is 2.05. The van der Waals surface area contributed by atoms with Crippen molar-refractivity contribution in [2.45, 2.75) is 13.0 Å². The SMILES string of the molecule is COc1ccc2cc(C[NH2+]CCc3nnc4ccccn34)ccc2c1. The molecule has 0 spiro atoms. The number of nitrogens with zero attached hydrogens (tertiary/aromatic N) is 3. The first kappa shape index (κ1) is 15.6. The molecule has 0 radical (unpaired) electrons. The summed E-state index contributed by atoms with van der Waals surface area (Å²) in [4.78, 5) is 0. The second-order valence-corrected chi connectivity index (χ2v) is 6.12. The van der Waals surface area contributed by atoms with Crippen molar-refractivity contribution in [3.63, 3.8) is 0 Å². The Morgan fingerprint density at radius 2 is 1.88 bits per heavy atom. The van der Waals surface area contributed by atoms with Gasteiger partial charge in [-0.2, -0.15) is 0 Å². The summed E-state index contributed by atoms with van der Waals surface area (Å²) in [6.45, 7) is 1.94. The van der Waals surface area contributed by atoms with Gasteiger partial charge in [0.05, 0.1) is 20.1 Å². The number of pyridine rings is 1. The average molecular weight is 333 g/mol. The first-order valence-electron chi connectivity index (χ1n) is 8.50. The average Bonchev–Trinajstić information content (AvgIpc) is 3.08. The van der Waals surface area contributed by atoms with Crippen molar-refractivity contribution in [1.29, 1.82) is 0 Å². The predicted molar refractivity (Wildman–Crippen MR) is 97.7 cm³/mol. The lowest BCUT2D eigenvalue weighted by molar-refractivity contribution is -0.670. The van der Waals surface area contributed by atoms with Crippen LogP contribution < -0.4 is 10.1 Å². The minimum absolute atomic E-state index is 0.896. The molecule has 2 aromatic carbocycles. The number of hydrogen-bond acceptors (Lipinski definition) is 3. The molecule has 0 unspecified atom stereocenters. The Labute approximate surface area is 146 Å². The van der Waals surface area contributed by atoms with E-state index in [0.717, 1.165) is 36.7 Å². The second kappa shape index (κ2) is 6.91. The van der Waals surface area contributed by atoms with Gasteiger partial charge in [-0.25, -0.2) is 0 Å². The quantitative estimate of drug-likeness (QED) is 0.550. The van der Waals surface area contributed by atoms with Crippen molar-refractivity contribution < 1.29 is 10.1 Å². The Kier molecular flexibility index (Phi) is 4.31. The van der Waals surface area contributed by atoms with Crippen LogP contribution in [0.15, 0.2) is 60.8 Å². The van der Waals surface area contributed by atoms with Crippen molar-refractivity contribution in [3.8, 4) is 5.75 Å². The molecule has 0 aliphatic carbocycles. The largest absolute Gasteiger partial charge is 0.497 e. The van der Waals surface area contributed by atoms with Crippen LogP contribution >= 0.6 is 0 Å². The van der Waals surface area contributed by atoms with Crippen LogP contribution in [0.1, 0.15) is 11.4 Å². The van der Waals surface area contributed by atoms with E-state index in [1.54, 1.807) is 7.11 Å². The molecule has 0 amide bonds. The topological polar surface area (TPSA) is 56.0 Å². The summed E-state index contributed by atoms with van der Waals surface area (Å²) >= 11 is 0. The molecule has 5 heteroatoms. The van der Waals surface area contributed by atoms with Crippen molar-refractivity contribution in [2.24, 2.45) is 0 Å². The molecule has 2 heterocycles. The third-order valence-electron chi connectivity index (χ3n) is 4.45. The highest BCUT2D eigenvalue weighted by molar-refractivity contribution is 5.84. The predicted octanol–water partition coefficient (Wildman–Crippen LogP) is 2.20. The van der Waals surface area contributed by atoms with Gasteiger partial charge in [-0.1, -0.05) is 24.3 Å². The molecule has 0 aliphatic rings. The monoisotopic (exact) mass is 333 g/mol. The molecule has 0 saturated carbocycles. The van der Waals surface area contributed by atoms with Gasteiger partial charge < -0.3 is 10.1 Å². The van der Waals surface area contributed by atoms with Gasteiger partial charge in [0.15, 0.2) is 5.65 Å². The van der Waals surface area contributed by atoms with Gasteiger partial charge in [0.25, 0.3) is 0 Å². The Morgan fingerprint density at radius 1 is 1.00 bits per heavy atom. The van der Waals surface area contributed by atoms with Crippen molar-refractivity contribution in [2.75, 3.05) is 13.7 Å². The maximum absolute atomic E-state index is 5.28. The molecule has 2 aromatic heterocycles. The van der Waals surface area contributed by atoms with E-state index in [-0.39, 0.29) is 0 Å². The van der Waals surface area contributed by atoms with E-state index < -0.39 is 0 Å². The molecular weight excluding hydrogens is 312 g/mol. The molecule has 0 aliphatic heterocycles. The lowest BCUT2D eigenvalue weighted by atomic mass is 10.1. The van der Waals surface area contributed by atoms with Gasteiger partial charge in [0, 0.05) is 11.8 Å². The van der Waals surface area contributed by atoms with E-state index in [0.29, 0.717) is 0 Å². The minimum Gasteiger partial charge on any atom is -0.497 e. The minimum atomic E-state index is 0.896. The highest BCUT2D eigenvalue weighted by Crippen LogP contribution is 2.21. The number of aromatic nitrogens is 3. The van der Waals surface area contributed by atoms with Gasteiger partial charge in [0.2, 0.25) is 0 Å². The third kappa shape index (κ3) is 3.32. The number of ether oxygens (including phenoxy) is 1. The van der Waals surface area contributed by atoms with E-state index >= 15 is 0 Å². The van der Waals surface area contributed by atoms with Crippen LogP contribution in [0.5, 0.6) is 5.75 Å². The van der Waals surface area contributed by atoms with Gasteiger partial charge in [0.1, 0.15) is 18.1 Å². The molecule has 0 saturated heterocycles. The number of rotatable bonds is 6. The summed E-state index contributed by atoms with van der Waals surface area (Å²) < 4.78 is 7.33. The molecule has 5 nitrogen and oxygen atoms in total. The zero-order chi connectivity index (χ0) is 17.1. The summed E-state index contributed by atoms with van der Waals surface area (Å²) in [5.41, 5.74) is 2.23. The van der Waals surface area contributed by atoms with E-state index in [4.69, 9.17) is 4.74 Å². The normalized spacial score (nSPS) is 11.2. The van der Waals surface area contributed by atoms with Crippen LogP contribution in [0.4, 0.5) is 0 Å². The summed E-state index contributed by atoms with van der Waals surface area (Å²) in [5, 5.41) is 13.2. The molecule has 0 fully saturated rings. The Balaban J connectivity index is 1.37. The van der Waals surface area contributed by atoms with Crippen LogP contribution in [-0.4, -0.2) is 28.3 Å². The first-order valence-corrected chi connectivity index (χ1v) is 8.50. The number of fused-ring (bicyclic) bond motifs is 2. The Hall–Kier alpha value is -2.92. The summed E-state index contributed by atoms with van der Waals surface area (Å²) in [6, 6.07) is 18.7. The molecule has 2 N–H and O–H groups in total. The van der Waals surface area contributed by atoms with Gasteiger partial charge in [-0.3, -0.25) is 4.40 Å². The fraction of sp³-hybridized carbons (Fsp3) is 0.200. The van der Waals surface area contributed by atoms with Gasteiger partial charge in [-0.15, -0.1) is 10.2 Å². The number of methoxy groups -OCH3 is 1. The lowest BCUT2D eigenvalue weighted by Gasteiger charge is -2.05. The van der Waals surface area contributed by atoms with Crippen LogP contribution in [0.3, 0.4) is 0 Å². The zero-order valence-corrected chi connectivity index (χ0v) is 14.2. The van der Waals surface area contributed by atoms with E-state index in [1.165, 1.54) is 16.3 Å². The molecule has 126 valence electrons. The van der Waals surface area contributed by atoms with Crippen molar-refractivity contribution >= 4 is 16.4 Å². The maximum Gasteiger partial charge on any atom is 0.160 e.